The number of amides is 1. The smallest absolute Gasteiger partial charge is 0.407 e. The molecular formula is C17H21N5O3. The molecule has 1 aliphatic heterocycles. The van der Waals surface area contributed by atoms with Crippen LogP contribution in [0.2, 0.25) is 0 Å². The Morgan fingerprint density at radius 3 is 2.48 bits per heavy atom. The molecule has 2 fully saturated rings. The van der Waals surface area contributed by atoms with Gasteiger partial charge in [0.15, 0.2) is 0 Å². The zero-order valence-electron chi connectivity index (χ0n) is 14.3. The molecule has 0 spiro atoms. The van der Waals surface area contributed by atoms with E-state index >= 15 is 0 Å². The van der Waals surface area contributed by atoms with Crippen LogP contribution in [0.3, 0.4) is 0 Å². The van der Waals surface area contributed by atoms with Gasteiger partial charge in [0.25, 0.3) is 0 Å². The number of aromatic nitrogens is 4. The topological polar surface area (TPSA) is 93.4 Å². The first-order valence-electron chi connectivity index (χ1n) is 8.48. The van der Waals surface area contributed by atoms with E-state index in [1.54, 1.807) is 4.68 Å². The van der Waals surface area contributed by atoms with E-state index in [1.165, 1.54) is 4.90 Å². The van der Waals surface area contributed by atoms with Crippen LogP contribution in [0.4, 0.5) is 4.79 Å². The molecule has 1 saturated carbocycles. The maximum Gasteiger partial charge on any atom is 0.407 e. The van der Waals surface area contributed by atoms with E-state index in [1.807, 2.05) is 32.3 Å². The maximum absolute atomic E-state index is 11.1. The van der Waals surface area contributed by atoms with Crippen molar-refractivity contribution in [2.75, 3.05) is 13.1 Å². The third-order valence-corrected chi connectivity index (χ3v) is 5.20. The number of hydrogen-bond acceptors (Lipinski definition) is 5. The van der Waals surface area contributed by atoms with E-state index < -0.39 is 6.09 Å². The van der Waals surface area contributed by atoms with Gasteiger partial charge in [-0.05, 0) is 37.7 Å². The van der Waals surface area contributed by atoms with Crippen molar-refractivity contribution in [1.82, 2.24) is 24.9 Å². The van der Waals surface area contributed by atoms with Crippen molar-refractivity contribution in [1.29, 1.82) is 0 Å². The fourth-order valence-corrected chi connectivity index (χ4v) is 4.05. The summed E-state index contributed by atoms with van der Waals surface area (Å²) in [5, 5.41) is 21.8. The highest BCUT2D eigenvalue weighted by molar-refractivity contribution is 5.65. The number of fused-ring (bicyclic) bond motifs is 1. The number of hydrogen-bond donors (Lipinski definition) is 1. The Kier molecular flexibility index (Phi) is 3.82. The molecule has 1 aliphatic carbocycles. The van der Waals surface area contributed by atoms with Gasteiger partial charge in [-0.2, -0.15) is 5.10 Å². The van der Waals surface area contributed by atoms with E-state index in [0.717, 1.165) is 29.8 Å². The van der Waals surface area contributed by atoms with Crippen molar-refractivity contribution in [2.45, 2.75) is 25.9 Å². The molecule has 1 N–H and O–H groups in total. The minimum atomic E-state index is -0.820. The fourth-order valence-electron chi connectivity index (χ4n) is 4.05. The highest BCUT2D eigenvalue weighted by Crippen LogP contribution is 2.39. The third-order valence-electron chi connectivity index (χ3n) is 5.20. The average molecular weight is 343 g/mol. The SMILES string of the molecule is Cc1nn(C)cc1-c1ccc(OC2C[C@@H]3CN(C(=O)O)C[C@@H]3C2)nn1. The Bertz CT molecular complexity index is 774. The predicted octanol–water partition coefficient (Wildman–Crippen LogP) is 1.95. The lowest BCUT2D eigenvalue weighted by molar-refractivity contribution is 0.143. The molecule has 1 unspecified atom stereocenters. The van der Waals surface area contributed by atoms with Crippen molar-refractivity contribution in [3.05, 3.63) is 24.0 Å². The quantitative estimate of drug-likeness (QED) is 0.915. The number of aryl methyl sites for hydroxylation is 2. The molecule has 4 rings (SSSR count). The van der Waals surface area contributed by atoms with Crippen molar-refractivity contribution in [3.63, 3.8) is 0 Å². The Labute approximate surface area is 145 Å². The van der Waals surface area contributed by atoms with Gasteiger partial charge in [0.1, 0.15) is 6.10 Å². The van der Waals surface area contributed by atoms with Gasteiger partial charge < -0.3 is 14.7 Å². The van der Waals surface area contributed by atoms with Gasteiger partial charge in [0, 0.05) is 38.0 Å². The lowest BCUT2D eigenvalue weighted by Gasteiger charge is -2.17. The van der Waals surface area contributed by atoms with Crippen LogP contribution < -0.4 is 4.74 Å². The second-order valence-electron chi connectivity index (χ2n) is 6.98. The summed E-state index contributed by atoms with van der Waals surface area (Å²) in [4.78, 5) is 12.6. The predicted molar refractivity (Wildman–Crippen MR) is 89.2 cm³/mol. The summed E-state index contributed by atoms with van der Waals surface area (Å²) in [6, 6.07) is 3.74. The summed E-state index contributed by atoms with van der Waals surface area (Å²) >= 11 is 0. The van der Waals surface area contributed by atoms with Gasteiger partial charge in [-0.3, -0.25) is 4.68 Å². The molecule has 2 aromatic rings. The highest BCUT2D eigenvalue weighted by atomic mass is 16.5. The van der Waals surface area contributed by atoms with Gasteiger partial charge in [-0.25, -0.2) is 4.79 Å². The van der Waals surface area contributed by atoms with Gasteiger partial charge in [0.05, 0.1) is 11.4 Å². The first kappa shape index (κ1) is 15.9. The van der Waals surface area contributed by atoms with Gasteiger partial charge in [-0.15, -0.1) is 10.2 Å². The van der Waals surface area contributed by atoms with Crippen molar-refractivity contribution in [3.8, 4) is 17.1 Å². The van der Waals surface area contributed by atoms with E-state index in [-0.39, 0.29) is 6.10 Å². The summed E-state index contributed by atoms with van der Waals surface area (Å²) < 4.78 is 7.73. The normalized spacial score (nSPS) is 25.2. The monoisotopic (exact) mass is 343 g/mol. The summed E-state index contributed by atoms with van der Waals surface area (Å²) in [6.45, 7) is 3.18. The zero-order valence-corrected chi connectivity index (χ0v) is 14.3. The Morgan fingerprint density at radius 2 is 1.96 bits per heavy atom. The maximum atomic E-state index is 11.1. The van der Waals surface area contributed by atoms with Crippen molar-refractivity contribution < 1.29 is 14.6 Å². The third kappa shape index (κ3) is 3.04. The van der Waals surface area contributed by atoms with Gasteiger partial charge >= 0.3 is 6.09 Å². The Hall–Kier alpha value is -2.64. The number of nitrogens with zero attached hydrogens (tertiary/aromatic N) is 5. The van der Waals surface area contributed by atoms with Crippen LogP contribution in [0.5, 0.6) is 5.88 Å². The summed E-state index contributed by atoms with van der Waals surface area (Å²) in [5.41, 5.74) is 2.65. The largest absolute Gasteiger partial charge is 0.473 e. The molecule has 8 nitrogen and oxygen atoms in total. The van der Waals surface area contributed by atoms with Crippen LogP contribution in [0.1, 0.15) is 18.5 Å². The van der Waals surface area contributed by atoms with Crippen molar-refractivity contribution in [2.24, 2.45) is 18.9 Å². The highest BCUT2D eigenvalue weighted by Gasteiger charge is 2.43. The van der Waals surface area contributed by atoms with Gasteiger partial charge in [0.2, 0.25) is 5.88 Å². The molecule has 25 heavy (non-hydrogen) atoms. The molecule has 0 aromatic carbocycles. The lowest BCUT2D eigenvalue weighted by Crippen LogP contribution is -2.29. The molecule has 3 heterocycles. The van der Waals surface area contributed by atoms with Crippen molar-refractivity contribution >= 4 is 6.09 Å². The summed E-state index contributed by atoms with van der Waals surface area (Å²) in [5.74, 6) is 1.31. The zero-order chi connectivity index (χ0) is 17.6. The molecule has 8 heteroatoms. The number of rotatable bonds is 3. The molecule has 2 aliphatic rings. The number of carbonyl (C=O) groups is 1. The first-order chi connectivity index (χ1) is 12.0. The van der Waals surface area contributed by atoms with Crippen LogP contribution in [0.25, 0.3) is 11.3 Å². The molecule has 1 amide bonds. The van der Waals surface area contributed by atoms with Crippen LogP contribution >= 0.6 is 0 Å². The van der Waals surface area contributed by atoms with Crippen LogP contribution in [0, 0.1) is 18.8 Å². The van der Waals surface area contributed by atoms with Gasteiger partial charge in [-0.1, -0.05) is 0 Å². The number of likely N-dealkylation sites (tertiary alicyclic amines) is 1. The fraction of sp³-hybridized carbons (Fsp3) is 0.529. The minimum Gasteiger partial charge on any atom is -0.473 e. The Balaban J connectivity index is 1.38. The second-order valence-corrected chi connectivity index (χ2v) is 6.98. The van der Waals surface area contributed by atoms with Crippen LogP contribution in [-0.2, 0) is 7.05 Å². The molecule has 0 bridgehead atoms. The number of carboxylic acid groups (broad SMARTS) is 1. The molecular weight excluding hydrogens is 322 g/mol. The first-order valence-corrected chi connectivity index (χ1v) is 8.48. The molecule has 2 aromatic heterocycles. The summed E-state index contributed by atoms with van der Waals surface area (Å²) in [6.07, 6.45) is 2.94. The molecule has 0 radical (unpaired) electrons. The number of ether oxygens (including phenoxy) is 1. The minimum absolute atomic E-state index is 0.0891. The van der Waals surface area contributed by atoms with E-state index in [2.05, 4.69) is 15.3 Å². The molecule has 3 atom stereocenters. The van der Waals surface area contributed by atoms with Crippen LogP contribution in [0.15, 0.2) is 18.3 Å². The standard InChI is InChI=1S/C17H21N5O3/c1-10-14(9-21(2)20-10)15-3-4-16(19-18-15)25-13-5-11-7-22(17(23)24)8-12(11)6-13/h3-4,9,11-13H,5-8H2,1-2H3,(H,23,24)/t11-,12+,13?. The average Bonchev–Trinajstić information content (AvgIpc) is 3.21. The second kappa shape index (κ2) is 6.02. The van der Waals surface area contributed by atoms with E-state index in [9.17, 15) is 4.79 Å². The Morgan fingerprint density at radius 1 is 1.24 bits per heavy atom. The molecule has 1 saturated heterocycles. The molecule has 132 valence electrons. The van der Waals surface area contributed by atoms with E-state index in [4.69, 9.17) is 9.84 Å². The summed E-state index contributed by atoms with van der Waals surface area (Å²) in [7, 11) is 1.88. The van der Waals surface area contributed by atoms with E-state index in [0.29, 0.717) is 30.8 Å². The lowest BCUT2D eigenvalue weighted by atomic mass is 10.0. The van der Waals surface area contributed by atoms with Crippen LogP contribution in [-0.4, -0.2) is 55.3 Å².